The molecule has 0 atom stereocenters. The zero-order chi connectivity index (χ0) is 13.0. The van der Waals surface area contributed by atoms with E-state index in [0.717, 1.165) is 35.7 Å². The molecule has 0 saturated carbocycles. The molecule has 0 spiro atoms. The average molecular weight is 266 g/mol. The van der Waals surface area contributed by atoms with Gasteiger partial charge in [-0.1, -0.05) is 18.6 Å². The van der Waals surface area contributed by atoms with E-state index >= 15 is 0 Å². The van der Waals surface area contributed by atoms with E-state index in [1.165, 1.54) is 0 Å². The van der Waals surface area contributed by atoms with E-state index in [1.807, 2.05) is 28.9 Å². The molecular weight excluding hydrogens is 250 g/mol. The summed E-state index contributed by atoms with van der Waals surface area (Å²) in [5, 5.41) is 8.29. The van der Waals surface area contributed by atoms with Gasteiger partial charge in [-0.3, -0.25) is 0 Å². The number of halogens is 1. The van der Waals surface area contributed by atoms with Gasteiger partial charge < -0.3 is 4.74 Å². The predicted octanol–water partition coefficient (Wildman–Crippen LogP) is 2.97. The van der Waals surface area contributed by atoms with Crippen LogP contribution in [-0.4, -0.2) is 22.1 Å². The third-order valence-electron chi connectivity index (χ3n) is 2.77. The number of nitrogens with zero attached hydrogens (tertiary/aromatic N) is 3. The molecule has 0 radical (unpaired) electrons. The molecule has 96 valence electrons. The first-order chi connectivity index (χ1) is 8.80. The van der Waals surface area contributed by atoms with Crippen LogP contribution in [0.15, 0.2) is 24.3 Å². The number of rotatable bonds is 5. The Bertz CT molecular complexity index is 507. The fraction of sp³-hybridized carbons (Fsp3) is 0.385. The number of hydrogen-bond acceptors (Lipinski definition) is 3. The van der Waals surface area contributed by atoms with Crippen molar-refractivity contribution in [3.8, 4) is 11.4 Å². The molecule has 0 amide bonds. The molecule has 2 aromatic rings. The minimum Gasteiger partial charge on any atom is -0.497 e. The van der Waals surface area contributed by atoms with Gasteiger partial charge in [0.2, 0.25) is 0 Å². The second kappa shape index (κ2) is 5.87. The highest BCUT2D eigenvalue weighted by Crippen LogP contribution is 2.19. The Morgan fingerprint density at radius 2 is 2.00 bits per heavy atom. The van der Waals surface area contributed by atoms with Crippen LogP contribution in [0, 0.1) is 0 Å². The van der Waals surface area contributed by atoms with Gasteiger partial charge in [-0.05, 0) is 30.7 Å². The van der Waals surface area contributed by atoms with Gasteiger partial charge in [0.15, 0.2) is 0 Å². The van der Waals surface area contributed by atoms with Crippen molar-refractivity contribution in [1.82, 2.24) is 15.0 Å². The Kier molecular flexibility index (Phi) is 4.20. The van der Waals surface area contributed by atoms with Gasteiger partial charge in [-0.25, -0.2) is 4.68 Å². The minimum absolute atomic E-state index is 0.394. The summed E-state index contributed by atoms with van der Waals surface area (Å²) in [7, 11) is 1.65. The Hall–Kier alpha value is -1.55. The molecule has 4 nitrogen and oxygen atoms in total. The second-order valence-corrected chi connectivity index (χ2v) is 4.24. The molecule has 0 aliphatic rings. The maximum absolute atomic E-state index is 5.88. The summed E-state index contributed by atoms with van der Waals surface area (Å²) < 4.78 is 6.99. The topological polar surface area (TPSA) is 39.9 Å². The van der Waals surface area contributed by atoms with Crippen molar-refractivity contribution in [3.63, 3.8) is 0 Å². The molecule has 0 N–H and O–H groups in total. The molecule has 1 heterocycles. The van der Waals surface area contributed by atoms with E-state index < -0.39 is 0 Å². The van der Waals surface area contributed by atoms with E-state index in [0.29, 0.717) is 5.88 Å². The molecule has 5 heteroatoms. The summed E-state index contributed by atoms with van der Waals surface area (Å²) in [5.74, 6) is 1.22. The first kappa shape index (κ1) is 12.9. The van der Waals surface area contributed by atoms with Crippen LogP contribution in [0.5, 0.6) is 5.75 Å². The van der Waals surface area contributed by atoms with Crippen molar-refractivity contribution in [1.29, 1.82) is 0 Å². The Morgan fingerprint density at radius 3 is 2.56 bits per heavy atom. The van der Waals surface area contributed by atoms with Crippen LogP contribution in [0.25, 0.3) is 5.69 Å². The van der Waals surface area contributed by atoms with Gasteiger partial charge in [0.25, 0.3) is 0 Å². The normalized spacial score (nSPS) is 10.6. The number of methoxy groups -OCH3 is 1. The van der Waals surface area contributed by atoms with Crippen LogP contribution in [0.2, 0.25) is 0 Å². The van der Waals surface area contributed by atoms with E-state index in [2.05, 4.69) is 17.2 Å². The van der Waals surface area contributed by atoms with E-state index in [1.54, 1.807) is 7.11 Å². The van der Waals surface area contributed by atoms with Gasteiger partial charge in [-0.15, -0.1) is 16.7 Å². The van der Waals surface area contributed by atoms with Gasteiger partial charge in [0.05, 0.1) is 24.4 Å². The lowest BCUT2D eigenvalue weighted by Crippen LogP contribution is -2.03. The SMILES string of the molecule is CCCc1c(CCl)nnn1-c1ccc(OC)cc1. The fourth-order valence-electron chi connectivity index (χ4n) is 1.85. The maximum Gasteiger partial charge on any atom is 0.119 e. The summed E-state index contributed by atoms with van der Waals surface area (Å²) in [4.78, 5) is 0. The van der Waals surface area contributed by atoms with E-state index in [4.69, 9.17) is 16.3 Å². The van der Waals surface area contributed by atoms with Crippen molar-refractivity contribution in [3.05, 3.63) is 35.7 Å². The molecule has 0 saturated heterocycles. The summed E-state index contributed by atoms with van der Waals surface area (Å²) in [6.07, 6.45) is 1.95. The van der Waals surface area contributed by atoms with Crippen LogP contribution in [0.4, 0.5) is 0 Å². The van der Waals surface area contributed by atoms with Crippen LogP contribution in [0.3, 0.4) is 0 Å². The van der Waals surface area contributed by atoms with Crippen LogP contribution in [0.1, 0.15) is 24.7 Å². The quantitative estimate of drug-likeness (QED) is 0.781. The van der Waals surface area contributed by atoms with Gasteiger partial charge in [0.1, 0.15) is 11.4 Å². The lowest BCUT2D eigenvalue weighted by molar-refractivity contribution is 0.414. The Balaban J connectivity index is 2.39. The largest absolute Gasteiger partial charge is 0.497 e. The first-order valence-corrected chi connectivity index (χ1v) is 6.47. The molecule has 0 fully saturated rings. The predicted molar refractivity (Wildman–Crippen MR) is 71.5 cm³/mol. The van der Waals surface area contributed by atoms with Crippen molar-refractivity contribution in [2.24, 2.45) is 0 Å². The van der Waals surface area contributed by atoms with E-state index in [-0.39, 0.29) is 0 Å². The molecule has 0 unspecified atom stereocenters. The third-order valence-corrected chi connectivity index (χ3v) is 3.03. The molecule has 0 aliphatic carbocycles. The fourth-order valence-corrected chi connectivity index (χ4v) is 2.06. The van der Waals surface area contributed by atoms with Crippen molar-refractivity contribution >= 4 is 11.6 Å². The zero-order valence-electron chi connectivity index (χ0n) is 10.6. The molecule has 0 bridgehead atoms. The molecule has 0 aliphatic heterocycles. The highest BCUT2D eigenvalue weighted by molar-refractivity contribution is 6.16. The standard InChI is InChI=1S/C13H16ClN3O/c1-3-4-13-12(9-14)15-16-17(13)10-5-7-11(18-2)8-6-10/h5-8H,3-4,9H2,1-2H3. The zero-order valence-corrected chi connectivity index (χ0v) is 11.3. The van der Waals surface area contributed by atoms with Crippen molar-refractivity contribution < 1.29 is 4.74 Å². The Morgan fingerprint density at radius 1 is 1.28 bits per heavy atom. The minimum atomic E-state index is 0.394. The number of benzene rings is 1. The Labute approximate surface area is 112 Å². The molecular formula is C13H16ClN3O. The number of alkyl halides is 1. The summed E-state index contributed by atoms with van der Waals surface area (Å²) in [6, 6.07) is 7.75. The lowest BCUT2D eigenvalue weighted by Gasteiger charge is -2.07. The number of hydrogen-bond donors (Lipinski definition) is 0. The monoisotopic (exact) mass is 265 g/mol. The smallest absolute Gasteiger partial charge is 0.119 e. The van der Waals surface area contributed by atoms with Crippen LogP contribution < -0.4 is 4.74 Å². The van der Waals surface area contributed by atoms with Gasteiger partial charge in [-0.2, -0.15) is 0 Å². The first-order valence-electron chi connectivity index (χ1n) is 5.94. The maximum atomic E-state index is 5.88. The summed E-state index contributed by atoms with van der Waals surface area (Å²) >= 11 is 5.88. The number of ether oxygens (including phenoxy) is 1. The molecule has 2 rings (SSSR count). The molecule has 18 heavy (non-hydrogen) atoms. The van der Waals surface area contributed by atoms with Crippen LogP contribution in [-0.2, 0) is 12.3 Å². The van der Waals surface area contributed by atoms with Crippen molar-refractivity contribution in [2.45, 2.75) is 25.6 Å². The summed E-state index contributed by atoms with van der Waals surface area (Å²) in [5.41, 5.74) is 2.91. The third kappa shape index (κ3) is 2.48. The lowest BCUT2D eigenvalue weighted by atomic mass is 10.2. The van der Waals surface area contributed by atoms with Crippen molar-refractivity contribution in [2.75, 3.05) is 7.11 Å². The highest BCUT2D eigenvalue weighted by atomic mass is 35.5. The van der Waals surface area contributed by atoms with Gasteiger partial charge in [0, 0.05) is 0 Å². The molecule has 1 aromatic carbocycles. The van der Waals surface area contributed by atoms with Crippen LogP contribution >= 0.6 is 11.6 Å². The highest BCUT2D eigenvalue weighted by Gasteiger charge is 2.12. The number of aromatic nitrogens is 3. The van der Waals surface area contributed by atoms with E-state index in [9.17, 15) is 0 Å². The second-order valence-electron chi connectivity index (χ2n) is 3.98. The summed E-state index contributed by atoms with van der Waals surface area (Å²) in [6.45, 7) is 2.13. The average Bonchev–Trinajstić information content (AvgIpc) is 2.82. The van der Waals surface area contributed by atoms with Gasteiger partial charge >= 0.3 is 0 Å². The molecule has 1 aromatic heterocycles.